The second-order valence-electron chi connectivity index (χ2n) is 4.37. The fourth-order valence-corrected chi connectivity index (χ4v) is 2.52. The summed E-state index contributed by atoms with van der Waals surface area (Å²) in [4.78, 5) is 19.8. The van der Waals surface area contributed by atoms with E-state index in [4.69, 9.17) is 0 Å². The lowest BCUT2D eigenvalue weighted by Gasteiger charge is -2.05. The Hall–Kier alpha value is -1.94. The number of aromatic amines is 1. The van der Waals surface area contributed by atoms with Gasteiger partial charge < -0.3 is 4.98 Å². The van der Waals surface area contributed by atoms with Gasteiger partial charge in [-0.1, -0.05) is 28.1 Å². The minimum absolute atomic E-state index is 0.0121. The van der Waals surface area contributed by atoms with Crippen LogP contribution in [0.1, 0.15) is 21.5 Å². The first-order chi connectivity index (χ1) is 9.18. The van der Waals surface area contributed by atoms with Crippen molar-refractivity contribution in [1.82, 2.24) is 9.97 Å². The number of hydrogen-bond acceptors (Lipinski definition) is 2. The maximum absolute atomic E-state index is 12.6. The molecule has 2 heterocycles. The highest BCUT2D eigenvalue weighted by molar-refractivity contribution is 9.10. The minimum atomic E-state index is 0.0121. The van der Waals surface area contributed by atoms with Gasteiger partial charge in [0.25, 0.3) is 0 Å². The fourth-order valence-electron chi connectivity index (χ4n) is 2.15. The summed E-state index contributed by atoms with van der Waals surface area (Å²) >= 11 is 3.46. The van der Waals surface area contributed by atoms with Crippen molar-refractivity contribution in [2.75, 3.05) is 0 Å². The molecule has 0 saturated carbocycles. The van der Waals surface area contributed by atoms with Crippen LogP contribution in [0.2, 0.25) is 0 Å². The molecule has 3 rings (SSSR count). The molecule has 0 atom stereocenters. The molecule has 0 saturated heterocycles. The van der Waals surface area contributed by atoms with Gasteiger partial charge >= 0.3 is 0 Å². The molecule has 0 unspecified atom stereocenters. The number of pyridine rings is 1. The van der Waals surface area contributed by atoms with Crippen LogP contribution < -0.4 is 0 Å². The van der Waals surface area contributed by atoms with Crippen LogP contribution in [0.5, 0.6) is 0 Å². The number of hydrogen-bond donors (Lipinski definition) is 1. The van der Waals surface area contributed by atoms with E-state index in [2.05, 4.69) is 25.9 Å². The highest BCUT2D eigenvalue weighted by atomic mass is 79.9. The van der Waals surface area contributed by atoms with E-state index in [9.17, 15) is 4.79 Å². The summed E-state index contributed by atoms with van der Waals surface area (Å²) in [6, 6.07) is 7.51. The molecule has 0 radical (unpaired) electrons. The van der Waals surface area contributed by atoms with Crippen LogP contribution >= 0.6 is 15.9 Å². The average Bonchev–Trinajstić information content (AvgIpc) is 2.85. The summed E-state index contributed by atoms with van der Waals surface area (Å²) in [5, 5.41) is 0.854. The highest BCUT2D eigenvalue weighted by Gasteiger charge is 2.16. The summed E-state index contributed by atoms with van der Waals surface area (Å²) in [5.41, 5.74) is 3.24. The molecule has 0 aliphatic rings. The molecule has 0 aliphatic heterocycles. The number of nitrogens with zero attached hydrogens (tertiary/aromatic N) is 1. The van der Waals surface area contributed by atoms with Gasteiger partial charge in [0.2, 0.25) is 0 Å². The summed E-state index contributed by atoms with van der Waals surface area (Å²) in [6.45, 7) is 1.93. The lowest BCUT2D eigenvalue weighted by atomic mass is 9.99. The molecule has 3 nitrogen and oxygen atoms in total. The summed E-state index contributed by atoms with van der Waals surface area (Å²) in [6.07, 6.45) is 5.17. The average molecular weight is 315 g/mol. The van der Waals surface area contributed by atoms with Crippen LogP contribution in [0.3, 0.4) is 0 Å². The zero-order valence-corrected chi connectivity index (χ0v) is 11.9. The Bertz CT molecular complexity index is 777. The molecule has 4 heteroatoms. The van der Waals surface area contributed by atoms with Crippen LogP contribution in [-0.4, -0.2) is 15.8 Å². The minimum Gasteiger partial charge on any atom is -0.360 e. The van der Waals surface area contributed by atoms with Crippen LogP contribution in [-0.2, 0) is 0 Å². The number of H-pyrrole nitrogens is 1. The monoisotopic (exact) mass is 314 g/mol. The third kappa shape index (κ3) is 1.98. The van der Waals surface area contributed by atoms with E-state index in [1.807, 2.05) is 31.2 Å². The van der Waals surface area contributed by atoms with E-state index >= 15 is 0 Å². The van der Waals surface area contributed by atoms with E-state index < -0.39 is 0 Å². The van der Waals surface area contributed by atoms with Gasteiger partial charge in [0.05, 0.1) is 0 Å². The number of carbonyl (C=O) groups excluding carboxylic acids is 1. The summed E-state index contributed by atoms with van der Waals surface area (Å²) in [7, 11) is 0. The number of aromatic nitrogens is 2. The quantitative estimate of drug-likeness (QED) is 0.730. The van der Waals surface area contributed by atoms with Crippen LogP contribution in [0.15, 0.2) is 47.3 Å². The van der Waals surface area contributed by atoms with Gasteiger partial charge in [-0.05, 0) is 24.6 Å². The molecule has 0 spiro atoms. The number of nitrogens with one attached hydrogen (secondary N) is 1. The van der Waals surface area contributed by atoms with Gasteiger partial charge in [0.1, 0.15) is 0 Å². The number of rotatable bonds is 2. The molecule has 2 aromatic heterocycles. The van der Waals surface area contributed by atoms with Crippen molar-refractivity contribution in [1.29, 1.82) is 0 Å². The van der Waals surface area contributed by atoms with Crippen molar-refractivity contribution in [3.05, 3.63) is 64.0 Å². The lowest BCUT2D eigenvalue weighted by molar-refractivity contribution is 0.103. The largest absolute Gasteiger partial charge is 0.360 e. The number of halogens is 1. The third-order valence-corrected chi connectivity index (χ3v) is 4.10. The second-order valence-corrected chi connectivity index (χ2v) is 5.22. The Kier molecular flexibility index (Phi) is 2.95. The number of carbonyl (C=O) groups is 1. The van der Waals surface area contributed by atoms with Crippen molar-refractivity contribution in [2.24, 2.45) is 0 Å². The summed E-state index contributed by atoms with van der Waals surface area (Å²) < 4.78 is 0.941. The normalized spacial score (nSPS) is 10.8. The van der Waals surface area contributed by atoms with Crippen molar-refractivity contribution < 1.29 is 4.79 Å². The van der Waals surface area contributed by atoms with Gasteiger partial charge in [-0.3, -0.25) is 9.78 Å². The Morgan fingerprint density at radius 1 is 1.26 bits per heavy atom. The van der Waals surface area contributed by atoms with Crippen LogP contribution in [0, 0.1) is 6.92 Å². The van der Waals surface area contributed by atoms with Gasteiger partial charge in [0, 0.05) is 45.1 Å². The molecule has 3 aromatic rings. The Labute approximate surface area is 118 Å². The van der Waals surface area contributed by atoms with Crippen molar-refractivity contribution in [3.63, 3.8) is 0 Å². The van der Waals surface area contributed by atoms with E-state index in [1.54, 1.807) is 18.6 Å². The van der Waals surface area contributed by atoms with E-state index in [-0.39, 0.29) is 5.78 Å². The number of benzene rings is 1. The predicted octanol–water partition coefficient (Wildman–Crippen LogP) is 3.86. The molecule has 0 fully saturated rings. The van der Waals surface area contributed by atoms with E-state index in [0.717, 1.165) is 20.9 Å². The second kappa shape index (κ2) is 4.63. The van der Waals surface area contributed by atoms with Crippen molar-refractivity contribution >= 4 is 32.6 Å². The number of ketones is 1. The van der Waals surface area contributed by atoms with Crippen LogP contribution in [0.4, 0.5) is 0 Å². The molecule has 19 heavy (non-hydrogen) atoms. The predicted molar refractivity (Wildman–Crippen MR) is 78.4 cm³/mol. The first-order valence-corrected chi connectivity index (χ1v) is 6.68. The smallest absolute Gasteiger partial charge is 0.195 e. The first-order valence-electron chi connectivity index (χ1n) is 5.89. The molecular formula is C15H11BrN2O. The van der Waals surface area contributed by atoms with E-state index in [0.29, 0.717) is 11.1 Å². The fraction of sp³-hybridized carbons (Fsp3) is 0.0667. The molecule has 0 amide bonds. The Balaban J connectivity index is 2.17. The molecule has 1 N–H and O–H groups in total. The molecule has 94 valence electrons. The third-order valence-electron chi connectivity index (χ3n) is 3.24. The zero-order chi connectivity index (χ0) is 13.4. The van der Waals surface area contributed by atoms with Crippen molar-refractivity contribution in [3.8, 4) is 0 Å². The highest BCUT2D eigenvalue weighted by Crippen LogP contribution is 2.25. The number of fused-ring (bicyclic) bond motifs is 1. The first kappa shape index (κ1) is 12.1. The molecular weight excluding hydrogens is 304 g/mol. The maximum atomic E-state index is 12.6. The van der Waals surface area contributed by atoms with Gasteiger partial charge in [-0.25, -0.2) is 0 Å². The Morgan fingerprint density at radius 3 is 2.95 bits per heavy atom. The van der Waals surface area contributed by atoms with Gasteiger partial charge in [0.15, 0.2) is 5.78 Å². The molecule has 0 aliphatic carbocycles. The Morgan fingerprint density at radius 2 is 2.11 bits per heavy atom. The maximum Gasteiger partial charge on any atom is 0.195 e. The van der Waals surface area contributed by atoms with E-state index in [1.165, 1.54) is 0 Å². The van der Waals surface area contributed by atoms with Gasteiger partial charge in [-0.15, -0.1) is 0 Å². The lowest BCUT2D eigenvalue weighted by Crippen LogP contribution is -2.03. The SMILES string of the molecule is Cc1c(Br)cccc1C(=O)c1c[nH]c2ccncc12. The summed E-state index contributed by atoms with van der Waals surface area (Å²) in [5.74, 6) is 0.0121. The topological polar surface area (TPSA) is 45.8 Å². The molecule has 0 bridgehead atoms. The van der Waals surface area contributed by atoms with Gasteiger partial charge in [-0.2, -0.15) is 0 Å². The van der Waals surface area contributed by atoms with Crippen molar-refractivity contribution in [2.45, 2.75) is 6.92 Å². The van der Waals surface area contributed by atoms with Crippen LogP contribution in [0.25, 0.3) is 10.9 Å². The zero-order valence-electron chi connectivity index (χ0n) is 10.3. The standard InChI is InChI=1S/C15H11BrN2O/c1-9-10(3-2-4-13(9)16)15(19)12-8-18-14-5-6-17-7-11(12)14/h2-8,18H,1H3. The molecule has 1 aromatic carbocycles.